The number of nitrogens with one attached hydrogen (secondary N) is 2. The molecule has 1 unspecified atom stereocenters. The first-order chi connectivity index (χ1) is 21.7. The average Bonchev–Trinajstić information content (AvgIpc) is 3.00. The maximum absolute atomic E-state index is 15.8. The molecule has 0 saturated heterocycles. The maximum Gasteiger partial charge on any atom is 0.337 e. The molecule has 0 aromatic heterocycles. The molecule has 254 valence electrons. The molecule has 0 aliphatic carbocycles. The third-order valence-corrected chi connectivity index (χ3v) is 6.59. The zero-order valence-electron chi connectivity index (χ0n) is 25.3. The Labute approximate surface area is 259 Å². The summed E-state index contributed by atoms with van der Waals surface area (Å²) in [5, 5.41) is 25.5. The molecule has 0 radical (unpaired) electrons. The van der Waals surface area contributed by atoms with E-state index in [1.165, 1.54) is 6.92 Å². The molecule has 0 saturated carbocycles. The third kappa shape index (κ3) is 7.71. The van der Waals surface area contributed by atoms with Crippen LogP contribution < -0.4 is 10.6 Å². The number of halogens is 5. The summed E-state index contributed by atoms with van der Waals surface area (Å²) in [7, 11) is 0.734. The van der Waals surface area contributed by atoms with E-state index in [-0.39, 0.29) is 25.9 Å². The van der Waals surface area contributed by atoms with Gasteiger partial charge < -0.3 is 39.8 Å². The minimum Gasteiger partial charge on any atom is -0.478 e. The molecule has 2 rings (SSSR count). The van der Waals surface area contributed by atoms with E-state index in [0.717, 1.165) is 27.0 Å². The Balaban J connectivity index is 3.04. The molecule has 0 fully saturated rings. The fourth-order valence-corrected chi connectivity index (χ4v) is 4.86. The van der Waals surface area contributed by atoms with Crippen LogP contribution in [0.4, 0.5) is 22.0 Å². The Bertz CT molecular complexity index is 1430. The first-order valence-electron chi connectivity index (χ1n) is 13.8. The van der Waals surface area contributed by atoms with Gasteiger partial charge in [0.25, 0.3) is 0 Å². The number of carboxylic acids is 2. The maximum atomic E-state index is 15.8. The SMILES string of the molecule is CCCNCCOCCOCC1=C(C(=O)OCC)C(/C(=C/C(=O)O)C(=O)O)(c2c(F)c(F)c(F)c(F)c2F)C(C(=O)OC)=C(C)N1. The summed E-state index contributed by atoms with van der Waals surface area (Å²) >= 11 is 0. The number of hydrogen-bond acceptors (Lipinski definition) is 10. The van der Waals surface area contributed by atoms with E-state index in [1.54, 1.807) is 0 Å². The molecule has 0 bridgehead atoms. The van der Waals surface area contributed by atoms with Crippen molar-refractivity contribution in [1.29, 1.82) is 0 Å². The zero-order chi connectivity index (χ0) is 34.8. The molecule has 1 aliphatic heterocycles. The average molecular weight is 665 g/mol. The minimum atomic E-state index is -3.68. The number of hydrogen-bond donors (Lipinski definition) is 4. The van der Waals surface area contributed by atoms with Crippen LogP contribution >= 0.6 is 0 Å². The number of carbonyl (C=O) groups excluding carboxylic acids is 2. The van der Waals surface area contributed by atoms with E-state index in [0.29, 0.717) is 6.54 Å². The normalized spacial score (nSPS) is 16.8. The van der Waals surface area contributed by atoms with Gasteiger partial charge >= 0.3 is 23.9 Å². The summed E-state index contributed by atoms with van der Waals surface area (Å²) in [6, 6.07) is 0. The summed E-state index contributed by atoms with van der Waals surface area (Å²) in [6.45, 7) is 4.42. The Morgan fingerprint density at radius 1 is 0.848 bits per heavy atom. The first-order valence-corrected chi connectivity index (χ1v) is 13.8. The number of aliphatic carboxylic acids is 2. The van der Waals surface area contributed by atoms with Gasteiger partial charge in [0.1, 0.15) is 5.41 Å². The number of methoxy groups -OCH3 is 1. The highest BCUT2D eigenvalue weighted by atomic mass is 19.2. The van der Waals surface area contributed by atoms with E-state index in [4.69, 9.17) is 14.2 Å². The second-order valence-corrected chi connectivity index (χ2v) is 9.50. The lowest BCUT2D eigenvalue weighted by Gasteiger charge is -2.42. The fourth-order valence-electron chi connectivity index (χ4n) is 4.86. The van der Waals surface area contributed by atoms with Gasteiger partial charge in [-0.2, -0.15) is 0 Å². The van der Waals surface area contributed by atoms with Gasteiger partial charge in [-0.05, 0) is 26.8 Å². The van der Waals surface area contributed by atoms with Crippen LogP contribution in [-0.2, 0) is 43.5 Å². The molecule has 1 heterocycles. The molecule has 12 nitrogen and oxygen atoms in total. The molecule has 1 aromatic carbocycles. The standard InChI is InChI=1S/C29H33F5N2O10/c1-5-7-35-8-9-44-10-11-45-13-16-19(28(42)46-6-2)29(15(26(39)40)12-17(37)38,18(14(3)36-16)27(41)43-4)20-21(30)23(32)25(34)24(33)22(20)31/h12,35-36H,5-11,13H2,1-4H3,(H,37,38)(H,39,40)/b15-12+. The number of esters is 2. The van der Waals surface area contributed by atoms with Gasteiger partial charge in [0.2, 0.25) is 5.82 Å². The second-order valence-electron chi connectivity index (χ2n) is 9.50. The molecule has 46 heavy (non-hydrogen) atoms. The van der Waals surface area contributed by atoms with Gasteiger partial charge in [-0.3, -0.25) is 0 Å². The molecule has 1 aromatic rings. The van der Waals surface area contributed by atoms with Crippen molar-refractivity contribution in [3.05, 3.63) is 68.8 Å². The van der Waals surface area contributed by atoms with E-state index < -0.39 is 105 Å². The quantitative estimate of drug-likeness (QED) is 0.0481. The highest BCUT2D eigenvalue weighted by Gasteiger charge is 2.60. The molecule has 1 atom stereocenters. The first kappa shape index (κ1) is 37.8. The lowest BCUT2D eigenvalue weighted by molar-refractivity contribution is -0.140. The number of benzene rings is 1. The van der Waals surface area contributed by atoms with Crippen molar-refractivity contribution in [3.8, 4) is 0 Å². The molecular weight excluding hydrogens is 631 g/mol. The van der Waals surface area contributed by atoms with Crippen LogP contribution in [-0.4, -0.2) is 87.3 Å². The largest absolute Gasteiger partial charge is 0.478 e. The highest BCUT2D eigenvalue weighted by molar-refractivity contribution is 6.10. The fraction of sp³-hybridized carbons (Fsp3) is 0.448. The molecule has 1 aliphatic rings. The predicted molar refractivity (Wildman–Crippen MR) is 148 cm³/mol. The monoisotopic (exact) mass is 664 g/mol. The van der Waals surface area contributed by atoms with Gasteiger partial charge in [0.15, 0.2) is 23.3 Å². The Morgan fingerprint density at radius 3 is 1.96 bits per heavy atom. The summed E-state index contributed by atoms with van der Waals surface area (Å²) in [5.41, 5.74) is -10.9. The minimum absolute atomic E-state index is 0.0138. The Kier molecular flexibility index (Phi) is 13.8. The molecule has 0 amide bonds. The van der Waals surface area contributed by atoms with Gasteiger partial charge in [0, 0.05) is 18.3 Å². The van der Waals surface area contributed by atoms with Crippen molar-refractivity contribution < 1.29 is 70.3 Å². The number of allylic oxidation sites excluding steroid dienone is 1. The van der Waals surface area contributed by atoms with Crippen molar-refractivity contribution in [2.45, 2.75) is 32.6 Å². The number of carbonyl (C=O) groups is 4. The van der Waals surface area contributed by atoms with Crippen LogP contribution in [0.25, 0.3) is 0 Å². The molecule has 0 spiro atoms. The van der Waals surface area contributed by atoms with Crippen molar-refractivity contribution >= 4 is 23.9 Å². The van der Waals surface area contributed by atoms with Crippen LogP contribution in [0.3, 0.4) is 0 Å². The predicted octanol–water partition coefficient (Wildman–Crippen LogP) is 2.62. The highest BCUT2D eigenvalue weighted by Crippen LogP contribution is 2.53. The Morgan fingerprint density at radius 2 is 1.43 bits per heavy atom. The van der Waals surface area contributed by atoms with E-state index in [2.05, 4.69) is 15.4 Å². The van der Waals surface area contributed by atoms with Crippen LogP contribution in [0, 0.1) is 29.1 Å². The Hall–Kier alpha value is -4.35. The third-order valence-electron chi connectivity index (χ3n) is 6.59. The van der Waals surface area contributed by atoms with Crippen molar-refractivity contribution in [2.75, 3.05) is 53.2 Å². The lowest BCUT2D eigenvalue weighted by Crippen LogP contribution is -2.50. The number of carboxylic acid groups (broad SMARTS) is 2. The number of dihydropyridines is 1. The summed E-state index contributed by atoms with van der Waals surface area (Å²) in [4.78, 5) is 51.5. The van der Waals surface area contributed by atoms with Crippen LogP contribution in [0.15, 0.2) is 34.2 Å². The van der Waals surface area contributed by atoms with E-state index in [1.807, 2.05) is 6.92 Å². The summed E-state index contributed by atoms with van der Waals surface area (Å²) < 4.78 is 96.0. The van der Waals surface area contributed by atoms with Crippen LogP contribution in [0.5, 0.6) is 0 Å². The van der Waals surface area contributed by atoms with E-state index in [9.17, 15) is 42.6 Å². The van der Waals surface area contributed by atoms with Gasteiger partial charge in [0.05, 0.1) is 68.1 Å². The van der Waals surface area contributed by atoms with Gasteiger partial charge in [-0.25, -0.2) is 41.1 Å². The van der Waals surface area contributed by atoms with Crippen LogP contribution in [0.2, 0.25) is 0 Å². The summed E-state index contributed by atoms with van der Waals surface area (Å²) in [6.07, 6.45) is 0.747. The summed E-state index contributed by atoms with van der Waals surface area (Å²) in [5.74, 6) is -20.8. The second kappa shape index (κ2) is 16.8. The lowest BCUT2D eigenvalue weighted by atomic mass is 9.60. The van der Waals surface area contributed by atoms with Crippen molar-refractivity contribution in [3.63, 3.8) is 0 Å². The van der Waals surface area contributed by atoms with E-state index >= 15 is 8.78 Å². The van der Waals surface area contributed by atoms with Gasteiger partial charge in [-0.1, -0.05) is 6.92 Å². The smallest absolute Gasteiger partial charge is 0.337 e. The molecule has 4 N–H and O–H groups in total. The van der Waals surface area contributed by atoms with Crippen molar-refractivity contribution in [2.24, 2.45) is 0 Å². The zero-order valence-corrected chi connectivity index (χ0v) is 25.3. The molecular formula is C29H33F5N2O10. The topological polar surface area (TPSA) is 170 Å². The number of rotatable bonds is 17. The van der Waals surface area contributed by atoms with Gasteiger partial charge in [-0.15, -0.1) is 0 Å². The molecule has 17 heteroatoms. The van der Waals surface area contributed by atoms with Crippen LogP contribution in [0.1, 0.15) is 32.8 Å². The number of ether oxygens (including phenoxy) is 4. The van der Waals surface area contributed by atoms with Crippen molar-refractivity contribution in [1.82, 2.24) is 10.6 Å².